The maximum absolute atomic E-state index is 17.4. The predicted octanol–water partition coefficient (Wildman–Crippen LogP) is 6.11. The standard InChI is InChI=1S/C35H35FO8S/c1-20(37)43-24-7-11-26(12-8-24)45-25-9-4-21(5-10-25)30(40)44-34(31(41)42)17-15-27-28-13-6-22-18-23(38)14-16-32(22,2)35(28,36)29(39)19-33(27,34)3/h4-5,7-12,14,16,18,27-29,39H,6,13,15,17,19H2,1-3H3,(H,41,42). The first-order valence-electron chi connectivity index (χ1n) is 15.1. The van der Waals surface area contributed by atoms with E-state index in [1.807, 2.05) is 0 Å². The van der Waals surface area contributed by atoms with E-state index in [0.29, 0.717) is 30.6 Å². The number of ketones is 1. The Hall–Kier alpha value is -3.76. The van der Waals surface area contributed by atoms with Crippen molar-refractivity contribution in [2.45, 2.75) is 80.0 Å². The molecule has 4 aliphatic rings. The molecule has 0 aromatic heterocycles. The molecule has 0 bridgehead atoms. The highest BCUT2D eigenvalue weighted by Gasteiger charge is 2.76. The second kappa shape index (κ2) is 10.9. The van der Waals surface area contributed by atoms with Gasteiger partial charge in [0.1, 0.15) is 5.75 Å². The molecule has 2 aromatic rings. The van der Waals surface area contributed by atoms with Gasteiger partial charge in [0.2, 0.25) is 5.60 Å². The Morgan fingerprint density at radius 2 is 1.62 bits per heavy atom. The third-order valence-corrected chi connectivity index (χ3v) is 11.8. The zero-order valence-electron chi connectivity index (χ0n) is 25.2. The van der Waals surface area contributed by atoms with Crippen molar-refractivity contribution in [2.75, 3.05) is 0 Å². The zero-order chi connectivity index (χ0) is 32.4. The van der Waals surface area contributed by atoms with Gasteiger partial charge in [0.05, 0.1) is 11.7 Å². The van der Waals surface area contributed by atoms with Crippen molar-refractivity contribution >= 4 is 35.5 Å². The summed E-state index contributed by atoms with van der Waals surface area (Å²) in [6.45, 7) is 4.74. The first-order valence-corrected chi connectivity index (χ1v) is 15.9. The number of benzene rings is 2. The van der Waals surface area contributed by atoms with Gasteiger partial charge in [-0.15, -0.1) is 0 Å². The van der Waals surface area contributed by atoms with E-state index in [1.54, 1.807) is 68.5 Å². The van der Waals surface area contributed by atoms with Crippen LogP contribution in [0.15, 0.2) is 82.1 Å². The fraction of sp³-hybridized carbons (Fsp3) is 0.429. The summed E-state index contributed by atoms with van der Waals surface area (Å²) in [6.07, 6.45) is 3.75. The third-order valence-electron chi connectivity index (χ3n) is 10.8. The smallest absolute Gasteiger partial charge is 0.348 e. The number of halogens is 1. The van der Waals surface area contributed by atoms with Crippen LogP contribution < -0.4 is 4.74 Å². The number of aliphatic hydroxyl groups excluding tert-OH is 1. The first kappa shape index (κ1) is 31.2. The van der Waals surface area contributed by atoms with E-state index in [2.05, 4.69) is 0 Å². The molecule has 0 saturated heterocycles. The number of hydrogen-bond acceptors (Lipinski definition) is 8. The number of carbonyl (C=O) groups is 4. The van der Waals surface area contributed by atoms with Gasteiger partial charge in [0, 0.05) is 33.5 Å². The summed E-state index contributed by atoms with van der Waals surface area (Å²) in [4.78, 5) is 51.4. The van der Waals surface area contributed by atoms with Crippen molar-refractivity contribution < 1.29 is 43.3 Å². The minimum atomic E-state index is -2.11. The maximum atomic E-state index is 17.4. The number of ether oxygens (including phenoxy) is 2. The molecular weight excluding hydrogens is 599 g/mol. The number of aliphatic hydroxyl groups is 1. The Balaban J connectivity index is 1.23. The number of alkyl halides is 1. The Morgan fingerprint density at radius 1 is 0.978 bits per heavy atom. The van der Waals surface area contributed by atoms with E-state index in [0.717, 1.165) is 9.79 Å². The molecule has 10 heteroatoms. The highest BCUT2D eigenvalue weighted by Crippen LogP contribution is 2.70. The van der Waals surface area contributed by atoms with Crippen molar-refractivity contribution in [3.63, 3.8) is 0 Å². The van der Waals surface area contributed by atoms with Crippen LogP contribution in [0.4, 0.5) is 4.39 Å². The molecule has 45 heavy (non-hydrogen) atoms. The number of aliphatic carboxylic acids is 1. The predicted molar refractivity (Wildman–Crippen MR) is 162 cm³/mol. The monoisotopic (exact) mass is 634 g/mol. The summed E-state index contributed by atoms with van der Waals surface area (Å²) in [5.41, 5.74) is -5.67. The van der Waals surface area contributed by atoms with Crippen LogP contribution in [-0.4, -0.2) is 51.3 Å². The lowest BCUT2D eigenvalue weighted by molar-refractivity contribution is -0.222. The van der Waals surface area contributed by atoms with Crippen molar-refractivity contribution in [3.8, 4) is 5.75 Å². The van der Waals surface area contributed by atoms with Crippen LogP contribution in [0.5, 0.6) is 5.75 Å². The van der Waals surface area contributed by atoms with Gasteiger partial charge < -0.3 is 19.7 Å². The topological polar surface area (TPSA) is 127 Å². The molecule has 2 N–H and O–H groups in total. The lowest BCUT2D eigenvalue weighted by Crippen LogP contribution is -2.69. The van der Waals surface area contributed by atoms with Gasteiger partial charge in [-0.05, 0) is 106 Å². The van der Waals surface area contributed by atoms with Crippen LogP contribution in [0, 0.1) is 22.7 Å². The van der Waals surface area contributed by atoms with Crippen LogP contribution in [0.2, 0.25) is 0 Å². The zero-order valence-corrected chi connectivity index (χ0v) is 26.1. The van der Waals surface area contributed by atoms with Crippen LogP contribution in [0.3, 0.4) is 0 Å². The summed E-state index contributed by atoms with van der Waals surface area (Å²) in [7, 11) is 0. The first-order chi connectivity index (χ1) is 21.2. The highest BCUT2D eigenvalue weighted by molar-refractivity contribution is 7.99. The Morgan fingerprint density at radius 3 is 2.24 bits per heavy atom. The van der Waals surface area contributed by atoms with Gasteiger partial charge in [0.25, 0.3) is 0 Å². The van der Waals surface area contributed by atoms with Crippen molar-refractivity contribution in [3.05, 3.63) is 77.9 Å². The molecule has 0 heterocycles. The molecule has 4 aliphatic carbocycles. The van der Waals surface area contributed by atoms with Crippen LogP contribution in [0.1, 0.15) is 63.2 Å². The molecule has 236 valence electrons. The third kappa shape index (κ3) is 4.76. The molecule has 7 atom stereocenters. The van der Waals surface area contributed by atoms with Gasteiger partial charge in [-0.3, -0.25) is 9.59 Å². The number of hydrogen-bond donors (Lipinski definition) is 2. The maximum Gasteiger partial charge on any atom is 0.348 e. The molecule has 0 radical (unpaired) electrons. The molecule has 0 aliphatic heterocycles. The molecule has 2 aromatic carbocycles. The van der Waals surface area contributed by atoms with E-state index < -0.39 is 57.9 Å². The summed E-state index contributed by atoms with van der Waals surface area (Å²) < 4.78 is 28.4. The second-order valence-electron chi connectivity index (χ2n) is 13.0. The minimum Gasteiger partial charge on any atom is -0.478 e. The van der Waals surface area contributed by atoms with Crippen LogP contribution >= 0.6 is 11.8 Å². The Labute approximate surface area is 264 Å². The van der Waals surface area contributed by atoms with Gasteiger partial charge in [-0.1, -0.05) is 30.3 Å². The number of fused-ring (bicyclic) bond motifs is 5. The summed E-state index contributed by atoms with van der Waals surface area (Å²) in [6, 6.07) is 13.6. The van der Waals surface area contributed by atoms with Crippen molar-refractivity contribution in [1.82, 2.24) is 0 Å². The van der Waals surface area contributed by atoms with Crippen molar-refractivity contribution in [2.24, 2.45) is 22.7 Å². The van der Waals surface area contributed by atoms with Gasteiger partial charge >= 0.3 is 17.9 Å². The average Bonchev–Trinajstić information content (AvgIpc) is 3.27. The highest BCUT2D eigenvalue weighted by atomic mass is 32.2. The number of esters is 2. The molecule has 8 nitrogen and oxygen atoms in total. The van der Waals surface area contributed by atoms with Crippen molar-refractivity contribution in [1.29, 1.82) is 0 Å². The Kier molecular flexibility index (Phi) is 7.60. The molecule has 7 unspecified atom stereocenters. The molecule has 3 fully saturated rings. The molecular formula is C35H35FO8S. The lowest BCUT2D eigenvalue weighted by atomic mass is 9.45. The van der Waals surface area contributed by atoms with E-state index in [4.69, 9.17) is 9.47 Å². The summed E-state index contributed by atoms with van der Waals surface area (Å²) in [5.74, 6) is -3.45. The molecule has 0 amide bonds. The lowest BCUT2D eigenvalue weighted by Gasteiger charge is -2.62. The van der Waals surface area contributed by atoms with E-state index in [9.17, 15) is 29.4 Å². The largest absolute Gasteiger partial charge is 0.478 e. The SMILES string of the molecule is CC(=O)Oc1ccc(Sc2ccc(C(=O)OC3(C(=O)O)CCC4C5CCC6=CC(=O)C=CC6(C)C5(F)C(O)CC43C)cc2)cc1. The quantitative estimate of drug-likeness (QED) is 0.286. The molecule has 0 spiro atoms. The normalized spacial score (nSPS) is 35.0. The van der Waals surface area contributed by atoms with Gasteiger partial charge in [0.15, 0.2) is 11.5 Å². The molecule has 6 rings (SSSR count). The number of carboxylic acid groups (broad SMARTS) is 1. The van der Waals surface area contributed by atoms with Gasteiger partial charge in [-0.25, -0.2) is 14.0 Å². The second-order valence-corrected chi connectivity index (χ2v) is 14.2. The number of carboxylic acids is 1. The van der Waals surface area contributed by atoms with E-state index in [1.165, 1.54) is 30.8 Å². The number of allylic oxidation sites excluding steroid dienone is 4. The van der Waals surface area contributed by atoms with Crippen LogP contribution in [-0.2, 0) is 19.1 Å². The fourth-order valence-electron chi connectivity index (χ4n) is 8.52. The van der Waals surface area contributed by atoms with E-state index >= 15 is 4.39 Å². The fourth-order valence-corrected chi connectivity index (χ4v) is 9.33. The average molecular weight is 635 g/mol. The molecule has 3 saturated carbocycles. The summed E-state index contributed by atoms with van der Waals surface area (Å²) in [5, 5.41) is 22.1. The van der Waals surface area contributed by atoms with E-state index in [-0.39, 0.29) is 24.2 Å². The Bertz CT molecular complexity index is 1630. The summed E-state index contributed by atoms with van der Waals surface area (Å²) >= 11 is 1.43. The number of rotatable bonds is 6. The van der Waals surface area contributed by atoms with Crippen LogP contribution in [0.25, 0.3) is 0 Å². The van der Waals surface area contributed by atoms with Gasteiger partial charge in [-0.2, -0.15) is 0 Å². The minimum absolute atomic E-state index is 0.000447. The number of carbonyl (C=O) groups excluding carboxylic acids is 3.